The third-order valence-electron chi connectivity index (χ3n) is 2.08. The Kier molecular flexibility index (Phi) is 8.21. The van der Waals surface area contributed by atoms with Crippen molar-refractivity contribution < 1.29 is 9.53 Å². The van der Waals surface area contributed by atoms with Crippen molar-refractivity contribution in [3.63, 3.8) is 0 Å². The predicted molar refractivity (Wildman–Crippen MR) is 66.4 cm³/mol. The fraction of sp³-hybridized carbons (Fsp3) is 0.917. The van der Waals surface area contributed by atoms with E-state index in [0.717, 1.165) is 6.61 Å². The standard InChI is InChI=1S/C12H26N2O2/c1-6-16-8-11(5)14-10(4)7-12(15)13-9(2)3/h9-11,14H,6-8H2,1-5H3,(H,13,15). The maximum atomic E-state index is 11.5. The Labute approximate surface area is 99.1 Å². The monoisotopic (exact) mass is 230 g/mol. The van der Waals surface area contributed by atoms with Gasteiger partial charge in [0.25, 0.3) is 0 Å². The predicted octanol–water partition coefficient (Wildman–Crippen LogP) is 1.30. The summed E-state index contributed by atoms with van der Waals surface area (Å²) in [6.07, 6.45) is 0.509. The molecule has 0 saturated heterocycles. The first-order chi connectivity index (χ1) is 7.45. The largest absolute Gasteiger partial charge is 0.380 e. The van der Waals surface area contributed by atoms with Crippen LogP contribution in [0.4, 0.5) is 0 Å². The zero-order valence-corrected chi connectivity index (χ0v) is 11.2. The molecule has 4 heteroatoms. The zero-order valence-electron chi connectivity index (χ0n) is 11.2. The first kappa shape index (κ1) is 15.4. The quantitative estimate of drug-likeness (QED) is 0.661. The number of nitrogens with one attached hydrogen (secondary N) is 2. The van der Waals surface area contributed by atoms with Crippen molar-refractivity contribution >= 4 is 5.91 Å². The molecule has 0 aliphatic carbocycles. The normalized spacial score (nSPS) is 14.9. The van der Waals surface area contributed by atoms with Crippen molar-refractivity contribution in [2.75, 3.05) is 13.2 Å². The Bertz CT molecular complexity index is 195. The van der Waals surface area contributed by atoms with Gasteiger partial charge >= 0.3 is 0 Å². The first-order valence-corrected chi connectivity index (χ1v) is 6.08. The number of carbonyl (C=O) groups is 1. The third kappa shape index (κ3) is 8.68. The van der Waals surface area contributed by atoms with E-state index in [1.54, 1.807) is 0 Å². The van der Waals surface area contributed by atoms with Gasteiger partial charge in [-0.25, -0.2) is 0 Å². The van der Waals surface area contributed by atoms with Crippen molar-refractivity contribution in [2.45, 2.75) is 59.2 Å². The Morgan fingerprint density at radius 1 is 1.19 bits per heavy atom. The van der Waals surface area contributed by atoms with Crippen LogP contribution in [-0.2, 0) is 9.53 Å². The minimum atomic E-state index is 0.0959. The van der Waals surface area contributed by atoms with Gasteiger partial charge in [0.05, 0.1) is 6.61 Å². The molecule has 16 heavy (non-hydrogen) atoms. The molecule has 96 valence electrons. The minimum Gasteiger partial charge on any atom is -0.380 e. The van der Waals surface area contributed by atoms with Crippen LogP contribution in [0.2, 0.25) is 0 Å². The molecule has 0 aliphatic heterocycles. The maximum absolute atomic E-state index is 11.5. The summed E-state index contributed by atoms with van der Waals surface area (Å²) >= 11 is 0. The average molecular weight is 230 g/mol. The maximum Gasteiger partial charge on any atom is 0.221 e. The van der Waals surface area contributed by atoms with Crippen LogP contribution in [0, 0.1) is 0 Å². The van der Waals surface area contributed by atoms with Crippen LogP contribution in [0.15, 0.2) is 0 Å². The second kappa shape index (κ2) is 8.53. The fourth-order valence-electron chi connectivity index (χ4n) is 1.55. The van der Waals surface area contributed by atoms with E-state index in [-0.39, 0.29) is 24.0 Å². The average Bonchev–Trinajstić information content (AvgIpc) is 2.12. The van der Waals surface area contributed by atoms with E-state index in [4.69, 9.17) is 4.74 Å². The molecule has 0 aromatic rings. The van der Waals surface area contributed by atoms with Crippen LogP contribution >= 0.6 is 0 Å². The summed E-state index contributed by atoms with van der Waals surface area (Å²) in [7, 11) is 0. The van der Waals surface area contributed by atoms with Crippen molar-refractivity contribution in [3.8, 4) is 0 Å². The van der Waals surface area contributed by atoms with Crippen molar-refractivity contribution in [1.29, 1.82) is 0 Å². The molecule has 0 fully saturated rings. The second-order valence-electron chi connectivity index (χ2n) is 4.55. The number of hydrogen-bond donors (Lipinski definition) is 2. The van der Waals surface area contributed by atoms with Gasteiger partial charge in [0.2, 0.25) is 5.91 Å². The van der Waals surface area contributed by atoms with Crippen LogP contribution < -0.4 is 10.6 Å². The summed E-state index contributed by atoms with van der Waals surface area (Å²) in [5, 5.41) is 6.21. The van der Waals surface area contributed by atoms with E-state index in [1.807, 2.05) is 27.7 Å². The van der Waals surface area contributed by atoms with E-state index in [1.165, 1.54) is 0 Å². The highest BCUT2D eigenvalue weighted by atomic mass is 16.5. The number of ether oxygens (including phenoxy) is 1. The highest BCUT2D eigenvalue weighted by Crippen LogP contribution is 1.95. The topological polar surface area (TPSA) is 50.4 Å². The fourth-order valence-corrected chi connectivity index (χ4v) is 1.55. The van der Waals surface area contributed by atoms with E-state index < -0.39 is 0 Å². The van der Waals surface area contributed by atoms with Crippen LogP contribution in [-0.4, -0.2) is 37.2 Å². The smallest absolute Gasteiger partial charge is 0.221 e. The Morgan fingerprint density at radius 2 is 1.81 bits per heavy atom. The lowest BCUT2D eigenvalue weighted by Crippen LogP contribution is -2.41. The lowest BCUT2D eigenvalue weighted by Gasteiger charge is -2.20. The summed E-state index contributed by atoms with van der Waals surface area (Å²) in [6, 6.07) is 0.663. The Balaban J connectivity index is 3.71. The summed E-state index contributed by atoms with van der Waals surface area (Å²) in [6.45, 7) is 11.4. The molecule has 0 bridgehead atoms. The summed E-state index contributed by atoms with van der Waals surface area (Å²) in [5.74, 6) is 0.0959. The minimum absolute atomic E-state index is 0.0959. The molecule has 0 radical (unpaired) electrons. The summed E-state index contributed by atoms with van der Waals surface area (Å²) < 4.78 is 5.30. The lowest BCUT2D eigenvalue weighted by molar-refractivity contribution is -0.122. The van der Waals surface area contributed by atoms with E-state index in [9.17, 15) is 4.79 Å². The van der Waals surface area contributed by atoms with Gasteiger partial charge in [-0.05, 0) is 34.6 Å². The van der Waals surface area contributed by atoms with Crippen LogP contribution in [0.5, 0.6) is 0 Å². The molecule has 4 nitrogen and oxygen atoms in total. The number of amides is 1. The molecule has 2 N–H and O–H groups in total. The van der Waals surface area contributed by atoms with Crippen LogP contribution in [0.3, 0.4) is 0 Å². The van der Waals surface area contributed by atoms with Gasteiger partial charge in [0, 0.05) is 31.2 Å². The Morgan fingerprint density at radius 3 is 2.31 bits per heavy atom. The number of carbonyl (C=O) groups excluding carboxylic acids is 1. The molecule has 0 heterocycles. The van der Waals surface area contributed by atoms with Gasteiger partial charge in [-0.2, -0.15) is 0 Å². The molecule has 1 amide bonds. The van der Waals surface area contributed by atoms with Gasteiger partial charge < -0.3 is 15.4 Å². The van der Waals surface area contributed by atoms with E-state index >= 15 is 0 Å². The van der Waals surface area contributed by atoms with Crippen LogP contribution in [0.25, 0.3) is 0 Å². The highest BCUT2D eigenvalue weighted by molar-refractivity contribution is 5.76. The zero-order chi connectivity index (χ0) is 12.6. The number of rotatable bonds is 8. The van der Waals surface area contributed by atoms with Gasteiger partial charge in [-0.3, -0.25) is 4.79 Å². The molecule has 0 spiro atoms. The molecule has 0 aromatic heterocycles. The number of hydrogen-bond acceptors (Lipinski definition) is 3. The second-order valence-corrected chi connectivity index (χ2v) is 4.55. The van der Waals surface area contributed by atoms with Crippen molar-refractivity contribution in [1.82, 2.24) is 10.6 Å². The van der Waals surface area contributed by atoms with Crippen molar-refractivity contribution in [2.24, 2.45) is 0 Å². The molecule has 0 rings (SSSR count). The van der Waals surface area contributed by atoms with Gasteiger partial charge in [0.1, 0.15) is 0 Å². The highest BCUT2D eigenvalue weighted by Gasteiger charge is 2.12. The van der Waals surface area contributed by atoms with E-state index in [0.29, 0.717) is 13.0 Å². The van der Waals surface area contributed by atoms with Gasteiger partial charge in [0.15, 0.2) is 0 Å². The van der Waals surface area contributed by atoms with Gasteiger partial charge in [-0.1, -0.05) is 0 Å². The van der Waals surface area contributed by atoms with Crippen molar-refractivity contribution in [3.05, 3.63) is 0 Å². The Hall–Kier alpha value is -0.610. The molecule has 0 aliphatic rings. The van der Waals surface area contributed by atoms with E-state index in [2.05, 4.69) is 17.6 Å². The molecular weight excluding hydrogens is 204 g/mol. The van der Waals surface area contributed by atoms with Gasteiger partial charge in [-0.15, -0.1) is 0 Å². The molecule has 2 unspecified atom stereocenters. The summed E-state index contributed by atoms with van der Waals surface area (Å²) in [4.78, 5) is 11.5. The molecule has 0 saturated carbocycles. The molecular formula is C12H26N2O2. The third-order valence-corrected chi connectivity index (χ3v) is 2.08. The van der Waals surface area contributed by atoms with Crippen LogP contribution in [0.1, 0.15) is 41.0 Å². The molecule has 0 aromatic carbocycles. The first-order valence-electron chi connectivity index (χ1n) is 6.08. The lowest BCUT2D eigenvalue weighted by atomic mass is 10.2. The summed E-state index contributed by atoms with van der Waals surface area (Å²) in [5.41, 5.74) is 0. The molecule has 2 atom stereocenters. The SMILES string of the molecule is CCOCC(C)NC(C)CC(=O)NC(C)C.